The molecule has 0 aromatic heterocycles. The summed E-state index contributed by atoms with van der Waals surface area (Å²) in [5.41, 5.74) is 3.93. The van der Waals surface area contributed by atoms with E-state index in [-0.39, 0.29) is 6.04 Å². The quantitative estimate of drug-likeness (QED) is 0.614. The number of hydrogen-bond donors (Lipinski definition) is 2. The first-order chi connectivity index (χ1) is 7.85. The Bertz CT molecular complexity index is 360. The average molecular weight is 240 g/mol. The van der Waals surface area contributed by atoms with Crippen molar-refractivity contribution >= 4 is 11.8 Å². The highest BCUT2D eigenvalue weighted by Crippen LogP contribution is 2.32. The molecule has 0 saturated carbocycles. The third-order valence-corrected chi connectivity index (χ3v) is 3.17. The van der Waals surface area contributed by atoms with Gasteiger partial charge in [-0.15, -0.1) is 0 Å². The van der Waals surface area contributed by atoms with E-state index in [9.17, 15) is 0 Å². The number of thioether (sulfide) groups is 1. The van der Waals surface area contributed by atoms with Crippen molar-refractivity contribution in [3.8, 4) is 11.5 Å². The summed E-state index contributed by atoms with van der Waals surface area (Å²) in [6.45, 7) is 1.23. The highest BCUT2D eigenvalue weighted by Gasteiger charge is 2.15. The van der Waals surface area contributed by atoms with E-state index >= 15 is 0 Å². The second-order valence-corrected chi connectivity index (χ2v) is 4.49. The molecule has 0 aliphatic carbocycles. The minimum Gasteiger partial charge on any atom is -0.486 e. The molecule has 1 aliphatic rings. The molecule has 88 valence electrons. The summed E-state index contributed by atoms with van der Waals surface area (Å²) in [6, 6.07) is 6.10. The number of rotatable bonds is 4. The van der Waals surface area contributed by atoms with Gasteiger partial charge in [-0.2, -0.15) is 11.8 Å². The minimum absolute atomic E-state index is 0.144. The van der Waals surface area contributed by atoms with Crippen molar-refractivity contribution in [1.29, 1.82) is 0 Å². The van der Waals surface area contributed by atoms with Gasteiger partial charge in [0.15, 0.2) is 11.5 Å². The van der Waals surface area contributed by atoms with Gasteiger partial charge in [0.25, 0.3) is 0 Å². The molecule has 1 aromatic rings. The zero-order valence-corrected chi connectivity index (χ0v) is 10.0. The molecule has 2 rings (SSSR count). The van der Waals surface area contributed by atoms with E-state index in [0.717, 1.165) is 22.8 Å². The Morgan fingerprint density at radius 3 is 2.81 bits per heavy atom. The monoisotopic (exact) mass is 240 g/mol. The van der Waals surface area contributed by atoms with Gasteiger partial charge in [0.1, 0.15) is 13.2 Å². The predicted molar refractivity (Wildman–Crippen MR) is 65.9 cm³/mol. The van der Waals surface area contributed by atoms with E-state index in [4.69, 9.17) is 15.3 Å². The first kappa shape index (κ1) is 11.6. The van der Waals surface area contributed by atoms with E-state index in [0.29, 0.717) is 13.2 Å². The first-order valence-corrected chi connectivity index (χ1v) is 6.59. The van der Waals surface area contributed by atoms with Gasteiger partial charge in [-0.3, -0.25) is 11.3 Å². The summed E-state index contributed by atoms with van der Waals surface area (Å²) in [4.78, 5) is 0. The molecule has 3 N–H and O–H groups in total. The smallest absolute Gasteiger partial charge is 0.161 e. The van der Waals surface area contributed by atoms with Gasteiger partial charge in [0.2, 0.25) is 0 Å². The standard InChI is InChI=1S/C11H16N2O2S/c1-16-7-9(13-12)8-2-3-10-11(6-8)15-5-4-14-10/h2-3,6,9,13H,4-5,7,12H2,1H3. The van der Waals surface area contributed by atoms with Crippen LogP contribution in [0, 0.1) is 0 Å². The van der Waals surface area contributed by atoms with Crippen LogP contribution in [0.5, 0.6) is 11.5 Å². The Hall–Kier alpha value is -0.910. The highest BCUT2D eigenvalue weighted by molar-refractivity contribution is 7.98. The number of fused-ring (bicyclic) bond motifs is 1. The van der Waals surface area contributed by atoms with Crippen molar-refractivity contribution in [1.82, 2.24) is 5.43 Å². The summed E-state index contributed by atoms with van der Waals surface area (Å²) in [7, 11) is 0. The van der Waals surface area contributed by atoms with Crippen molar-refractivity contribution in [3.05, 3.63) is 23.8 Å². The molecule has 1 unspecified atom stereocenters. The van der Waals surface area contributed by atoms with Gasteiger partial charge in [-0.05, 0) is 24.0 Å². The molecule has 0 spiro atoms. The van der Waals surface area contributed by atoms with Crippen LogP contribution in [0.25, 0.3) is 0 Å². The molecule has 0 fully saturated rings. The van der Waals surface area contributed by atoms with Crippen LogP contribution >= 0.6 is 11.8 Å². The summed E-state index contributed by atoms with van der Waals surface area (Å²) in [6.07, 6.45) is 2.06. The summed E-state index contributed by atoms with van der Waals surface area (Å²) in [5.74, 6) is 8.08. The Kier molecular flexibility index (Phi) is 3.93. The molecule has 1 heterocycles. The van der Waals surface area contributed by atoms with E-state index in [1.807, 2.05) is 18.2 Å². The van der Waals surface area contributed by atoms with Crippen LogP contribution in [0.15, 0.2) is 18.2 Å². The van der Waals surface area contributed by atoms with Crippen LogP contribution < -0.4 is 20.7 Å². The number of hydrazine groups is 1. The third kappa shape index (κ3) is 2.42. The van der Waals surface area contributed by atoms with Gasteiger partial charge in [0.05, 0.1) is 6.04 Å². The SMILES string of the molecule is CSCC(NN)c1ccc2c(c1)OCCO2. The lowest BCUT2D eigenvalue weighted by Crippen LogP contribution is -2.29. The zero-order valence-electron chi connectivity index (χ0n) is 9.23. The molecular weight excluding hydrogens is 224 g/mol. The molecule has 0 saturated heterocycles. The van der Waals surface area contributed by atoms with Crippen molar-refractivity contribution in [2.45, 2.75) is 6.04 Å². The Balaban J connectivity index is 2.21. The highest BCUT2D eigenvalue weighted by atomic mass is 32.2. The van der Waals surface area contributed by atoms with Crippen molar-refractivity contribution in [2.75, 3.05) is 25.2 Å². The third-order valence-electron chi connectivity index (χ3n) is 2.50. The van der Waals surface area contributed by atoms with Crippen LogP contribution in [-0.2, 0) is 0 Å². The van der Waals surface area contributed by atoms with E-state index in [1.165, 1.54) is 0 Å². The molecular formula is C11H16N2O2S. The number of nitrogens with one attached hydrogen (secondary N) is 1. The molecule has 0 amide bonds. The molecule has 1 atom stereocenters. The number of benzene rings is 1. The van der Waals surface area contributed by atoms with Gasteiger partial charge < -0.3 is 9.47 Å². The molecule has 5 heteroatoms. The molecule has 0 radical (unpaired) electrons. The Labute approximate surface area is 99.5 Å². The number of ether oxygens (including phenoxy) is 2. The van der Waals surface area contributed by atoms with Crippen LogP contribution in [-0.4, -0.2) is 25.2 Å². The van der Waals surface area contributed by atoms with Crippen LogP contribution in [0.3, 0.4) is 0 Å². The Morgan fingerprint density at radius 2 is 2.12 bits per heavy atom. The van der Waals surface area contributed by atoms with E-state index in [1.54, 1.807) is 11.8 Å². The maximum atomic E-state index is 5.54. The molecule has 0 bridgehead atoms. The summed E-state index contributed by atoms with van der Waals surface area (Å²) < 4.78 is 11.0. The second kappa shape index (κ2) is 5.43. The number of nitrogens with two attached hydrogens (primary N) is 1. The lowest BCUT2D eigenvalue weighted by molar-refractivity contribution is 0.171. The van der Waals surface area contributed by atoms with Crippen molar-refractivity contribution in [3.63, 3.8) is 0 Å². The van der Waals surface area contributed by atoms with Crippen molar-refractivity contribution < 1.29 is 9.47 Å². The van der Waals surface area contributed by atoms with Crippen LogP contribution in [0.4, 0.5) is 0 Å². The largest absolute Gasteiger partial charge is 0.486 e. The van der Waals surface area contributed by atoms with Gasteiger partial charge in [-0.1, -0.05) is 6.07 Å². The first-order valence-electron chi connectivity index (χ1n) is 5.19. The number of hydrogen-bond acceptors (Lipinski definition) is 5. The lowest BCUT2D eigenvalue weighted by atomic mass is 10.1. The molecule has 4 nitrogen and oxygen atoms in total. The Morgan fingerprint density at radius 1 is 1.38 bits per heavy atom. The second-order valence-electron chi connectivity index (χ2n) is 3.58. The fourth-order valence-electron chi connectivity index (χ4n) is 1.68. The van der Waals surface area contributed by atoms with Crippen molar-refractivity contribution in [2.24, 2.45) is 5.84 Å². The molecule has 1 aliphatic heterocycles. The summed E-state index contributed by atoms with van der Waals surface area (Å²) >= 11 is 1.75. The fourth-order valence-corrected chi connectivity index (χ4v) is 2.31. The fraction of sp³-hybridized carbons (Fsp3) is 0.455. The van der Waals surface area contributed by atoms with Crippen LogP contribution in [0.2, 0.25) is 0 Å². The minimum atomic E-state index is 0.144. The lowest BCUT2D eigenvalue weighted by Gasteiger charge is -2.21. The normalized spacial score (nSPS) is 15.9. The van der Waals surface area contributed by atoms with Crippen LogP contribution in [0.1, 0.15) is 11.6 Å². The predicted octanol–water partition coefficient (Wildman–Crippen LogP) is 1.33. The van der Waals surface area contributed by atoms with Gasteiger partial charge in [-0.25, -0.2) is 0 Å². The maximum Gasteiger partial charge on any atom is 0.161 e. The average Bonchev–Trinajstić information content (AvgIpc) is 2.35. The van der Waals surface area contributed by atoms with E-state index < -0.39 is 0 Å². The maximum absolute atomic E-state index is 5.54. The summed E-state index contributed by atoms with van der Waals surface area (Å²) in [5, 5.41) is 0. The zero-order chi connectivity index (χ0) is 11.4. The topological polar surface area (TPSA) is 56.5 Å². The molecule has 16 heavy (non-hydrogen) atoms. The van der Waals surface area contributed by atoms with E-state index in [2.05, 4.69) is 11.7 Å². The van der Waals surface area contributed by atoms with Gasteiger partial charge in [0, 0.05) is 5.75 Å². The van der Waals surface area contributed by atoms with Gasteiger partial charge >= 0.3 is 0 Å². The molecule has 1 aromatic carbocycles.